The van der Waals surface area contributed by atoms with Crippen LogP contribution >= 0.6 is 0 Å². The molecule has 0 amide bonds. The maximum Gasteiger partial charge on any atom is 0.211 e. The van der Waals surface area contributed by atoms with Crippen molar-refractivity contribution in [2.24, 2.45) is 0 Å². The molecule has 12 nitrogen and oxygen atoms in total. The molecule has 0 aliphatic rings. The molecule has 0 rings (SSSR count). The van der Waals surface area contributed by atoms with Gasteiger partial charge < -0.3 is 49.6 Å². The Kier molecular flexibility index (Phi) is 23.4. The first-order valence-electron chi connectivity index (χ1n) is 13.4. The zero-order valence-electron chi connectivity index (χ0n) is 23.7. The van der Waals surface area contributed by atoms with E-state index in [-0.39, 0.29) is 52.5 Å². The highest BCUT2D eigenvalue weighted by atomic mass is 16.5. The number of hydrogen-bond acceptors (Lipinski definition) is 12. The summed E-state index contributed by atoms with van der Waals surface area (Å²) < 4.78 is 20.4. The SMILES string of the molecule is CCCCC(O)(CO)C(=O)C(O)(COCCOCCOCCO)C(=O)C(O)(CO)CCCC.CCOCC. The highest BCUT2D eigenvalue weighted by Gasteiger charge is 2.58. The fourth-order valence-electron chi connectivity index (χ4n) is 3.40. The summed E-state index contributed by atoms with van der Waals surface area (Å²) in [6, 6.07) is 0. The molecule has 0 aromatic heterocycles. The van der Waals surface area contributed by atoms with Gasteiger partial charge in [-0.1, -0.05) is 39.5 Å². The fourth-order valence-corrected chi connectivity index (χ4v) is 3.40. The molecule has 0 fully saturated rings. The molecule has 0 saturated carbocycles. The van der Waals surface area contributed by atoms with Gasteiger partial charge in [-0.25, -0.2) is 0 Å². The van der Waals surface area contributed by atoms with Gasteiger partial charge in [0, 0.05) is 13.2 Å². The molecule has 0 aromatic rings. The molecule has 0 spiro atoms. The molecule has 0 saturated heterocycles. The minimum Gasteiger partial charge on any atom is -0.394 e. The van der Waals surface area contributed by atoms with Crippen molar-refractivity contribution in [2.75, 3.05) is 72.7 Å². The Hall–Kier alpha value is -1.06. The lowest BCUT2D eigenvalue weighted by Gasteiger charge is -2.38. The Morgan fingerprint density at radius 1 is 0.605 bits per heavy atom. The number of hydrogen-bond donors (Lipinski definition) is 6. The van der Waals surface area contributed by atoms with E-state index < -0.39 is 48.2 Å². The Morgan fingerprint density at radius 3 is 1.32 bits per heavy atom. The molecule has 0 aliphatic carbocycles. The summed E-state index contributed by atoms with van der Waals surface area (Å²) >= 11 is 0. The summed E-state index contributed by atoms with van der Waals surface area (Å²) in [4.78, 5) is 26.3. The Labute approximate surface area is 226 Å². The van der Waals surface area contributed by atoms with Gasteiger partial charge in [0.15, 0.2) is 0 Å². The van der Waals surface area contributed by atoms with Crippen LogP contribution in [-0.2, 0) is 28.5 Å². The maximum atomic E-state index is 13.1. The number of ether oxygens (including phenoxy) is 4. The second-order valence-corrected chi connectivity index (χ2v) is 8.89. The Balaban J connectivity index is 0. The number of ketones is 2. The number of Topliss-reactive ketones (excluding diaryl/α,β-unsaturated/α-hetero) is 2. The van der Waals surface area contributed by atoms with Crippen LogP contribution in [0.15, 0.2) is 0 Å². The largest absolute Gasteiger partial charge is 0.394 e. The molecule has 2 atom stereocenters. The van der Waals surface area contributed by atoms with E-state index in [0.29, 0.717) is 25.7 Å². The van der Waals surface area contributed by atoms with Crippen LogP contribution in [0.3, 0.4) is 0 Å². The summed E-state index contributed by atoms with van der Waals surface area (Å²) in [5.74, 6) is -2.78. The third-order valence-electron chi connectivity index (χ3n) is 5.71. The third-order valence-corrected chi connectivity index (χ3v) is 5.71. The first kappa shape index (κ1) is 39.1. The number of carbonyl (C=O) groups excluding carboxylic acids is 2. The molecule has 6 N–H and O–H groups in total. The molecule has 38 heavy (non-hydrogen) atoms. The van der Waals surface area contributed by atoms with Crippen LogP contribution in [0.4, 0.5) is 0 Å². The first-order chi connectivity index (χ1) is 18.0. The van der Waals surface area contributed by atoms with Crippen molar-refractivity contribution in [1.29, 1.82) is 0 Å². The standard InChI is InChI=1S/C22H42O11.C4H10O/c1-3-5-7-20(28,15-24)18(26)22(30,19(27)21(29,16-25)8-6-4-2)17-33-14-13-32-12-11-31-10-9-23;1-3-5-4-2/h23-25,28-30H,3-17H2,1-2H3;3-4H2,1-2H3. The summed E-state index contributed by atoms with van der Waals surface area (Å²) in [5, 5.41) is 60.5. The van der Waals surface area contributed by atoms with Crippen molar-refractivity contribution in [1.82, 2.24) is 0 Å². The van der Waals surface area contributed by atoms with Gasteiger partial charge in [-0.15, -0.1) is 0 Å². The summed E-state index contributed by atoms with van der Waals surface area (Å²) in [5.41, 5.74) is -7.85. The van der Waals surface area contributed by atoms with Crippen LogP contribution in [-0.4, -0.2) is 132 Å². The van der Waals surface area contributed by atoms with E-state index in [0.717, 1.165) is 13.2 Å². The van der Waals surface area contributed by atoms with E-state index in [2.05, 4.69) is 0 Å². The quantitative estimate of drug-likeness (QED) is 0.0677. The molecular formula is C26H52O12. The number of rotatable bonds is 24. The molecular weight excluding hydrogens is 504 g/mol. The molecule has 228 valence electrons. The van der Waals surface area contributed by atoms with Crippen molar-refractivity contribution >= 4 is 11.6 Å². The topological polar surface area (TPSA) is 192 Å². The van der Waals surface area contributed by atoms with Crippen molar-refractivity contribution in [2.45, 2.75) is 83.0 Å². The summed E-state index contributed by atoms with van der Waals surface area (Å²) in [7, 11) is 0. The molecule has 0 aliphatic heterocycles. The van der Waals surface area contributed by atoms with Gasteiger partial charge in [-0.3, -0.25) is 9.59 Å². The molecule has 12 heteroatoms. The molecule has 0 aromatic carbocycles. The predicted octanol–water partition coefficient (Wildman–Crippen LogP) is -0.232. The lowest BCUT2D eigenvalue weighted by atomic mass is 9.74. The number of unbranched alkanes of at least 4 members (excludes halogenated alkanes) is 2. The zero-order chi connectivity index (χ0) is 29.5. The maximum absolute atomic E-state index is 13.1. The fraction of sp³-hybridized carbons (Fsp3) is 0.923. The van der Waals surface area contributed by atoms with Crippen LogP contribution in [0.5, 0.6) is 0 Å². The normalized spacial score (nSPS) is 16.1. The van der Waals surface area contributed by atoms with E-state index in [1.807, 2.05) is 13.8 Å². The highest BCUT2D eigenvalue weighted by molar-refractivity contribution is 6.16. The van der Waals surface area contributed by atoms with Gasteiger partial charge in [0.1, 0.15) is 11.2 Å². The number of aliphatic hydroxyl groups is 6. The number of carbonyl (C=O) groups is 2. The average molecular weight is 557 g/mol. The lowest BCUT2D eigenvalue weighted by Crippen LogP contribution is -2.66. The van der Waals surface area contributed by atoms with Gasteiger partial charge >= 0.3 is 0 Å². The Bertz CT molecular complexity index is 567. The van der Waals surface area contributed by atoms with Gasteiger partial charge in [0.2, 0.25) is 17.2 Å². The van der Waals surface area contributed by atoms with Crippen LogP contribution in [0.25, 0.3) is 0 Å². The van der Waals surface area contributed by atoms with Crippen molar-refractivity contribution in [3.63, 3.8) is 0 Å². The molecule has 0 radical (unpaired) electrons. The van der Waals surface area contributed by atoms with Gasteiger partial charge in [0.25, 0.3) is 0 Å². The molecule has 0 heterocycles. The van der Waals surface area contributed by atoms with Gasteiger partial charge in [0.05, 0.1) is 59.5 Å². The van der Waals surface area contributed by atoms with Crippen LogP contribution in [0.2, 0.25) is 0 Å². The van der Waals surface area contributed by atoms with Crippen molar-refractivity contribution in [3.05, 3.63) is 0 Å². The predicted molar refractivity (Wildman–Crippen MR) is 140 cm³/mol. The van der Waals surface area contributed by atoms with E-state index in [1.165, 1.54) is 0 Å². The lowest BCUT2D eigenvalue weighted by molar-refractivity contribution is -0.185. The number of aliphatic hydroxyl groups excluding tert-OH is 3. The Morgan fingerprint density at radius 2 is 1.00 bits per heavy atom. The van der Waals surface area contributed by atoms with Gasteiger partial charge in [-0.05, 0) is 26.7 Å². The first-order valence-corrected chi connectivity index (χ1v) is 13.4. The summed E-state index contributed by atoms with van der Waals surface area (Å²) in [6.07, 6.45) is 1.40. The third kappa shape index (κ3) is 14.4. The second-order valence-electron chi connectivity index (χ2n) is 8.89. The second kappa shape index (κ2) is 22.7. The van der Waals surface area contributed by atoms with E-state index >= 15 is 0 Å². The zero-order valence-corrected chi connectivity index (χ0v) is 23.7. The van der Waals surface area contributed by atoms with E-state index in [1.54, 1.807) is 13.8 Å². The summed E-state index contributed by atoms with van der Waals surface area (Å²) in [6.45, 7) is 6.68. The van der Waals surface area contributed by atoms with Crippen molar-refractivity contribution in [3.8, 4) is 0 Å². The molecule has 2 unspecified atom stereocenters. The van der Waals surface area contributed by atoms with Crippen LogP contribution in [0, 0.1) is 0 Å². The van der Waals surface area contributed by atoms with Crippen molar-refractivity contribution < 1.29 is 59.2 Å². The van der Waals surface area contributed by atoms with Crippen LogP contribution in [0.1, 0.15) is 66.2 Å². The van der Waals surface area contributed by atoms with Gasteiger partial charge in [-0.2, -0.15) is 0 Å². The van der Waals surface area contributed by atoms with Crippen LogP contribution < -0.4 is 0 Å². The average Bonchev–Trinajstić information content (AvgIpc) is 2.93. The highest BCUT2D eigenvalue weighted by Crippen LogP contribution is 2.29. The minimum absolute atomic E-state index is 0.0289. The molecule has 0 bridgehead atoms. The van der Waals surface area contributed by atoms with E-state index in [9.17, 15) is 35.1 Å². The minimum atomic E-state index is -3.00. The monoisotopic (exact) mass is 556 g/mol. The smallest absolute Gasteiger partial charge is 0.211 e. The van der Waals surface area contributed by atoms with E-state index in [4.69, 9.17) is 24.1 Å².